The van der Waals surface area contributed by atoms with E-state index in [2.05, 4.69) is 0 Å². The minimum absolute atomic E-state index is 0.0214. The van der Waals surface area contributed by atoms with Gasteiger partial charge in [0.2, 0.25) is 5.24 Å². The monoisotopic (exact) mass is 744 g/mol. The number of aromatic hydroxyl groups is 1. The molecule has 3 aromatic rings. The number of hydrogen-bond donors (Lipinski definition) is 1. The van der Waals surface area contributed by atoms with Crippen molar-refractivity contribution in [2.45, 2.75) is 33.0 Å². The summed E-state index contributed by atoms with van der Waals surface area (Å²) in [6.45, 7) is 2.29. The minimum atomic E-state index is -0.638. The van der Waals surface area contributed by atoms with E-state index < -0.39 is 29.1 Å². The summed E-state index contributed by atoms with van der Waals surface area (Å²) in [6.07, 6.45) is 0.297. The van der Waals surface area contributed by atoms with Crippen LogP contribution in [0.1, 0.15) is 30.0 Å². The topological polar surface area (TPSA) is 170 Å². The highest BCUT2D eigenvalue weighted by atomic mass is 35.5. The van der Waals surface area contributed by atoms with E-state index in [9.17, 15) is 29.1 Å². The predicted octanol–water partition coefficient (Wildman–Crippen LogP) is 4.38. The molecule has 0 bridgehead atoms. The summed E-state index contributed by atoms with van der Waals surface area (Å²) in [6, 6.07) is 25.1. The van der Waals surface area contributed by atoms with Gasteiger partial charge in [-0.3, -0.25) is 14.4 Å². The maximum absolute atomic E-state index is 12.3. The summed E-state index contributed by atoms with van der Waals surface area (Å²) < 4.78 is 35.5. The average Bonchev–Trinajstić information content (AvgIpc) is 3.14. The first-order valence-corrected chi connectivity index (χ1v) is 16.9. The summed E-state index contributed by atoms with van der Waals surface area (Å²) in [5.41, 5.74) is 2.62. The first-order valence-electron chi connectivity index (χ1n) is 16.5. The van der Waals surface area contributed by atoms with E-state index in [1.54, 1.807) is 19.1 Å². The van der Waals surface area contributed by atoms with Crippen LogP contribution >= 0.6 is 11.6 Å². The molecule has 0 aliphatic heterocycles. The highest BCUT2D eigenvalue weighted by molar-refractivity contribution is 6.63. The number of carbonyl (C=O) groups excluding carboxylic acids is 5. The van der Waals surface area contributed by atoms with Gasteiger partial charge in [0.05, 0.1) is 39.0 Å². The van der Waals surface area contributed by atoms with E-state index in [-0.39, 0.29) is 90.6 Å². The number of Topliss-reactive ketones (excluding diaryl/α,β-unsaturated/α-hetero) is 1. The molecule has 0 amide bonds. The number of ketones is 1. The van der Waals surface area contributed by atoms with Gasteiger partial charge in [-0.05, 0) is 53.8 Å². The Bertz CT molecular complexity index is 1470. The molecule has 52 heavy (non-hydrogen) atoms. The second-order valence-corrected chi connectivity index (χ2v) is 11.3. The Labute approximate surface area is 308 Å². The van der Waals surface area contributed by atoms with Crippen LogP contribution in [-0.2, 0) is 76.8 Å². The fourth-order valence-electron chi connectivity index (χ4n) is 4.19. The molecular formula is C38H45ClO13. The Morgan fingerprint density at radius 3 is 1.52 bits per heavy atom. The van der Waals surface area contributed by atoms with Gasteiger partial charge in [0, 0.05) is 6.42 Å². The standard InChI is InChI=1S/C25H30O8.C13H15ClO5/c1-2-32-25(29)21(14-19-8-10-22(26)11-9-19)15-23(27)17-30-12-13-31-18-24(28)33-16-20-6-4-3-5-7-20;14-12(15)9-17-6-7-18-10-13(16)19-8-11-4-2-1-3-5-11/h3-11,21,26H,2,12-18H2,1H3;1-5H,6-10H2. The van der Waals surface area contributed by atoms with Crippen molar-refractivity contribution in [2.24, 2.45) is 5.92 Å². The SMILES string of the molecule is CCOC(=O)C(CC(=O)COCCOCC(=O)OCc1ccccc1)Cc1ccc(O)cc1.O=C(Cl)COCCOCC(=O)OCc1ccccc1. The smallest absolute Gasteiger partial charge is 0.332 e. The van der Waals surface area contributed by atoms with E-state index in [1.165, 1.54) is 12.1 Å². The Morgan fingerprint density at radius 2 is 1.06 bits per heavy atom. The van der Waals surface area contributed by atoms with Gasteiger partial charge in [0.25, 0.3) is 0 Å². The highest BCUT2D eigenvalue weighted by Crippen LogP contribution is 2.18. The number of halogens is 1. The molecule has 3 rings (SSSR count). The number of benzene rings is 3. The lowest BCUT2D eigenvalue weighted by molar-refractivity contribution is -0.151. The maximum Gasteiger partial charge on any atom is 0.332 e. The fourth-order valence-corrected chi connectivity index (χ4v) is 4.27. The lowest BCUT2D eigenvalue weighted by Gasteiger charge is -2.15. The summed E-state index contributed by atoms with van der Waals surface area (Å²) in [5.74, 6) is -2.13. The van der Waals surface area contributed by atoms with Gasteiger partial charge in [0.1, 0.15) is 45.4 Å². The van der Waals surface area contributed by atoms with Crippen molar-refractivity contribution in [3.63, 3.8) is 0 Å². The van der Waals surface area contributed by atoms with E-state index >= 15 is 0 Å². The first-order chi connectivity index (χ1) is 25.2. The van der Waals surface area contributed by atoms with Crippen molar-refractivity contribution in [3.05, 3.63) is 102 Å². The minimum Gasteiger partial charge on any atom is -0.508 e. The maximum atomic E-state index is 12.3. The second kappa shape index (κ2) is 27.1. The molecule has 0 aliphatic carbocycles. The van der Waals surface area contributed by atoms with Crippen LogP contribution in [0.5, 0.6) is 5.75 Å². The molecule has 0 aliphatic rings. The van der Waals surface area contributed by atoms with Crippen LogP contribution in [0.15, 0.2) is 84.9 Å². The molecule has 0 aromatic heterocycles. The number of rotatable bonds is 24. The van der Waals surface area contributed by atoms with Crippen molar-refractivity contribution < 1.29 is 62.2 Å². The van der Waals surface area contributed by atoms with E-state index in [0.717, 1.165) is 16.7 Å². The zero-order chi connectivity index (χ0) is 37.8. The number of carbonyl (C=O) groups is 5. The van der Waals surface area contributed by atoms with Gasteiger partial charge in [-0.25, -0.2) is 9.59 Å². The third-order valence-electron chi connectivity index (χ3n) is 6.66. The first kappa shape index (κ1) is 43.5. The number of phenols is 1. The predicted molar refractivity (Wildman–Crippen MR) is 188 cm³/mol. The summed E-state index contributed by atoms with van der Waals surface area (Å²) in [4.78, 5) is 57.8. The van der Waals surface area contributed by atoms with Gasteiger partial charge in [-0.15, -0.1) is 0 Å². The molecule has 13 nitrogen and oxygen atoms in total. The van der Waals surface area contributed by atoms with Crippen LogP contribution in [0.3, 0.4) is 0 Å². The van der Waals surface area contributed by atoms with Crippen molar-refractivity contribution in [1.82, 2.24) is 0 Å². The number of phenolic OH excluding ortho intramolecular Hbond substituents is 1. The van der Waals surface area contributed by atoms with Crippen LogP contribution < -0.4 is 0 Å². The normalized spacial score (nSPS) is 11.0. The van der Waals surface area contributed by atoms with Gasteiger partial charge in [-0.1, -0.05) is 72.8 Å². The molecule has 282 valence electrons. The molecule has 0 saturated carbocycles. The zero-order valence-electron chi connectivity index (χ0n) is 29.1. The Morgan fingerprint density at radius 1 is 0.596 bits per heavy atom. The van der Waals surface area contributed by atoms with Crippen LogP contribution in [0.4, 0.5) is 0 Å². The molecule has 14 heteroatoms. The van der Waals surface area contributed by atoms with Crippen LogP contribution in [-0.4, -0.2) is 93.5 Å². The van der Waals surface area contributed by atoms with Gasteiger partial charge in [0.15, 0.2) is 5.78 Å². The summed E-state index contributed by atoms with van der Waals surface area (Å²) >= 11 is 5.06. The third-order valence-corrected chi connectivity index (χ3v) is 6.77. The van der Waals surface area contributed by atoms with E-state index in [1.807, 2.05) is 60.7 Å². The Hall–Kier alpha value is -4.66. The molecular weight excluding hydrogens is 700 g/mol. The van der Waals surface area contributed by atoms with Crippen LogP contribution in [0.25, 0.3) is 0 Å². The van der Waals surface area contributed by atoms with E-state index in [0.29, 0.717) is 6.42 Å². The highest BCUT2D eigenvalue weighted by Gasteiger charge is 2.23. The number of hydrogen-bond acceptors (Lipinski definition) is 13. The third kappa shape index (κ3) is 21.5. The molecule has 0 spiro atoms. The number of esters is 3. The fraction of sp³-hybridized carbons (Fsp3) is 0.395. The molecule has 0 saturated heterocycles. The Kier molecular flexibility index (Phi) is 22.6. The average molecular weight is 745 g/mol. The molecule has 0 fully saturated rings. The quantitative estimate of drug-likeness (QED) is 0.0594. The largest absolute Gasteiger partial charge is 0.508 e. The molecule has 1 unspecified atom stereocenters. The van der Waals surface area contributed by atoms with Gasteiger partial charge >= 0.3 is 17.9 Å². The Balaban J connectivity index is 0.000000418. The second-order valence-electron chi connectivity index (χ2n) is 10.9. The molecule has 1 atom stereocenters. The molecule has 0 heterocycles. The van der Waals surface area contributed by atoms with E-state index in [4.69, 9.17) is 44.8 Å². The lowest BCUT2D eigenvalue weighted by atomic mass is 9.94. The van der Waals surface area contributed by atoms with Crippen molar-refractivity contribution in [2.75, 3.05) is 59.5 Å². The molecule has 0 radical (unpaired) electrons. The van der Waals surface area contributed by atoms with Crippen molar-refractivity contribution >= 4 is 40.5 Å². The number of ether oxygens (including phenoxy) is 7. The molecule has 3 aromatic carbocycles. The van der Waals surface area contributed by atoms with Gasteiger partial charge in [-0.2, -0.15) is 0 Å². The van der Waals surface area contributed by atoms with Crippen molar-refractivity contribution in [1.29, 1.82) is 0 Å². The van der Waals surface area contributed by atoms with Gasteiger partial charge < -0.3 is 38.3 Å². The molecule has 1 N–H and O–H groups in total. The summed E-state index contributed by atoms with van der Waals surface area (Å²) in [7, 11) is 0. The zero-order valence-corrected chi connectivity index (χ0v) is 29.8. The van der Waals surface area contributed by atoms with Crippen LogP contribution in [0, 0.1) is 5.92 Å². The van der Waals surface area contributed by atoms with Crippen LogP contribution in [0.2, 0.25) is 0 Å². The van der Waals surface area contributed by atoms with Crippen molar-refractivity contribution in [3.8, 4) is 5.75 Å². The lowest BCUT2D eigenvalue weighted by Crippen LogP contribution is -2.25. The summed E-state index contributed by atoms with van der Waals surface area (Å²) in [5, 5.41) is 8.83.